The predicted molar refractivity (Wildman–Crippen MR) is 94.4 cm³/mol. The summed E-state index contributed by atoms with van der Waals surface area (Å²) in [5.74, 6) is 0.583. The Morgan fingerprint density at radius 3 is 2.58 bits per heavy atom. The van der Waals surface area contributed by atoms with E-state index in [4.69, 9.17) is 5.11 Å². The van der Waals surface area contributed by atoms with Crippen LogP contribution >= 0.6 is 0 Å². The molecule has 0 aliphatic heterocycles. The Morgan fingerprint density at radius 2 is 2.00 bits per heavy atom. The van der Waals surface area contributed by atoms with E-state index in [1.54, 1.807) is 0 Å². The highest BCUT2D eigenvalue weighted by Crippen LogP contribution is 2.60. The molecule has 0 saturated heterocycles. The second-order valence-corrected chi connectivity index (χ2v) is 8.20. The molecule has 24 heavy (non-hydrogen) atoms. The van der Waals surface area contributed by atoms with Crippen LogP contribution in [0.5, 0.6) is 0 Å². The first kappa shape index (κ1) is 19.4. The Hall–Kier alpha value is -0.970. The van der Waals surface area contributed by atoms with Crippen LogP contribution in [-0.2, 0) is 4.79 Å². The topological polar surface area (TPSA) is 77.8 Å². The van der Waals surface area contributed by atoms with Crippen molar-refractivity contribution in [3.05, 3.63) is 24.3 Å². The number of Topliss-reactive ketones (excluding diaryl/α,β-unsaturated/α-hetero) is 1. The lowest BCUT2D eigenvalue weighted by molar-refractivity contribution is -0.151. The molecule has 2 fully saturated rings. The first-order valence-electron chi connectivity index (χ1n) is 8.99. The average molecular weight is 336 g/mol. The summed E-state index contributed by atoms with van der Waals surface area (Å²) in [4.78, 5) is 12.5. The summed E-state index contributed by atoms with van der Waals surface area (Å²) in [6.45, 7) is 11.9. The van der Waals surface area contributed by atoms with Crippen LogP contribution in [-0.4, -0.2) is 40.4 Å². The van der Waals surface area contributed by atoms with Crippen LogP contribution in [0, 0.1) is 22.7 Å². The monoisotopic (exact) mass is 336 g/mol. The quantitative estimate of drug-likeness (QED) is 0.652. The molecular weight excluding hydrogens is 304 g/mol. The van der Waals surface area contributed by atoms with Crippen LogP contribution in [0.15, 0.2) is 24.3 Å². The maximum atomic E-state index is 12.5. The molecule has 0 bridgehead atoms. The van der Waals surface area contributed by atoms with Crippen molar-refractivity contribution in [1.29, 1.82) is 0 Å². The van der Waals surface area contributed by atoms with Gasteiger partial charge in [0.15, 0.2) is 0 Å². The Morgan fingerprint density at radius 1 is 1.33 bits per heavy atom. The minimum atomic E-state index is -0.874. The van der Waals surface area contributed by atoms with Crippen LogP contribution in [0.2, 0.25) is 0 Å². The largest absolute Gasteiger partial charge is 0.395 e. The molecule has 0 aromatic carbocycles. The van der Waals surface area contributed by atoms with Crippen molar-refractivity contribution < 1.29 is 20.1 Å². The van der Waals surface area contributed by atoms with Crippen molar-refractivity contribution in [1.82, 2.24) is 0 Å². The minimum Gasteiger partial charge on any atom is -0.395 e. The van der Waals surface area contributed by atoms with E-state index in [0.717, 1.165) is 25.7 Å². The van der Waals surface area contributed by atoms with Crippen molar-refractivity contribution in [2.24, 2.45) is 22.7 Å². The van der Waals surface area contributed by atoms with Gasteiger partial charge in [-0.25, -0.2) is 0 Å². The van der Waals surface area contributed by atoms with Gasteiger partial charge in [-0.1, -0.05) is 32.6 Å². The third-order valence-corrected chi connectivity index (χ3v) is 6.86. The second kappa shape index (κ2) is 7.11. The van der Waals surface area contributed by atoms with Crippen molar-refractivity contribution >= 4 is 5.78 Å². The third kappa shape index (κ3) is 3.12. The van der Waals surface area contributed by atoms with Crippen molar-refractivity contribution in [2.45, 2.75) is 58.5 Å². The van der Waals surface area contributed by atoms with Crippen LogP contribution in [0.4, 0.5) is 0 Å². The molecule has 3 N–H and O–H groups in total. The molecule has 0 heterocycles. The van der Waals surface area contributed by atoms with Gasteiger partial charge >= 0.3 is 0 Å². The zero-order valence-electron chi connectivity index (χ0n) is 15.1. The number of rotatable bonds is 6. The van der Waals surface area contributed by atoms with Gasteiger partial charge in [0.25, 0.3) is 0 Å². The van der Waals surface area contributed by atoms with Crippen molar-refractivity contribution in [3.8, 4) is 0 Å². The number of allylic oxidation sites excluding steroid dienone is 1. The number of fused-ring (bicyclic) bond motifs is 1. The fourth-order valence-corrected chi connectivity index (χ4v) is 5.16. The van der Waals surface area contributed by atoms with E-state index in [2.05, 4.69) is 20.1 Å². The fraction of sp³-hybridized carbons (Fsp3) is 0.750. The first-order valence-corrected chi connectivity index (χ1v) is 8.99. The lowest BCUT2D eigenvalue weighted by Crippen LogP contribution is -2.55. The molecule has 0 radical (unpaired) electrons. The third-order valence-electron chi connectivity index (χ3n) is 6.86. The molecule has 0 aromatic heterocycles. The zero-order valence-corrected chi connectivity index (χ0v) is 15.1. The number of hydrogen-bond acceptors (Lipinski definition) is 4. The smallest absolute Gasteiger partial charge is 0.141 e. The molecule has 2 saturated carbocycles. The Balaban J connectivity index is 2.23. The molecule has 136 valence electrons. The van der Waals surface area contributed by atoms with E-state index in [9.17, 15) is 15.0 Å². The summed E-state index contributed by atoms with van der Waals surface area (Å²) in [6.07, 6.45) is 3.69. The van der Waals surface area contributed by atoms with E-state index >= 15 is 0 Å². The Bertz CT molecular complexity index is 526. The van der Waals surface area contributed by atoms with Gasteiger partial charge in [0.05, 0.1) is 24.7 Å². The predicted octanol–water partition coefficient (Wildman–Crippen LogP) is 2.63. The van der Waals surface area contributed by atoms with Crippen molar-refractivity contribution in [2.75, 3.05) is 13.2 Å². The summed E-state index contributed by atoms with van der Waals surface area (Å²) >= 11 is 0. The molecular formula is C20H32O4. The molecule has 2 rings (SSSR count). The van der Waals surface area contributed by atoms with E-state index in [1.807, 2.05) is 6.92 Å². The van der Waals surface area contributed by atoms with Gasteiger partial charge in [0.2, 0.25) is 0 Å². The molecule has 5 unspecified atom stereocenters. The number of hydrogen-bond donors (Lipinski definition) is 3. The fourth-order valence-electron chi connectivity index (χ4n) is 5.16. The van der Waals surface area contributed by atoms with E-state index in [0.29, 0.717) is 18.4 Å². The highest BCUT2D eigenvalue weighted by molar-refractivity contribution is 5.86. The zero-order chi connectivity index (χ0) is 18.1. The first-order chi connectivity index (χ1) is 11.2. The van der Waals surface area contributed by atoms with Crippen LogP contribution in [0.1, 0.15) is 52.4 Å². The van der Waals surface area contributed by atoms with E-state index < -0.39 is 11.5 Å². The maximum absolute atomic E-state index is 12.5. The van der Waals surface area contributed by atoms with Gasteiger partial charge in [0, 0.05) is 6.42 Å². The molecule has 2 aliphatic rings. The molecule has 0 spiro atoms. The molecule has 4 nitrogen and oxygen atoms in total. The second-order valence-electron chi connectivity index (χ2n) is 8.20. The van der Waals surface area contributed by atoms with Gasteiger partial charge in [-0.2, -0.15) is 0 Å². The Kier molecular flexibility index (Phi) is 5.73. The minimum absolute atomic E-state index is 0.0643. The van der Waals surface area contributed by atoms with Gasteiger partial charge in [0.1, 0.15) is 5.78 Å². The molecule has 2 aliphatic carbocycles. The summed E-state index contributed by atoms with van der Waals surface area (Å²) in [5, 5.41) is 28.7. The molecule has 0 amide bonds. The normalized spacial score (nSPS) is 37.9. The van der Waals surface area contributed by atoms with Gasteiger partial charge in [-0.3, -0.25) is 4.79 Å². The standard InChI is InChI=1S/C20H32O4/c1-13-6-8-17-19(3,10-9-18(24)20(17,4)12-22)15(13)7-5-14(2)16(23)11-21/h15-17,21-23H,1-2,5-12H2,3-4H3. The summed E-state index contributed by atoms with van der Waals surface area (Å²) in [7, 11) is 0. The lowest BCUT2D eigenvalue weighted by atomic mass is 9.46. The summed E-state index contributed by atoms with van der Waals surface area (Å²) in [5.41, 5.74) is 1.13. The van der Waals surface area contributed by atoms with Gasteiger partial charge in [-0.05, 0) is 54.9 Å². The number of aliphatic hydroxyl groups excluding tert-OH is 3. The molecule has 5 atom stereocenters. The highest BCUT2D eigenvalue weighted by atomic mass is 16.3. The Labute approximate surface area is 145 Å². The highest BCUT2D eigenvalue weighted by Gasteiger charge is 2.57. The SMILES string of the molecule is C=C(CCC1C(=C)CCC2C(C)(CO)C(=O)CCC12C)C(O)CO. The van der Waals surface area contributed by atoms with Crippen LogP contribution in [0.3, 0.4) is 0 Å². The van der Waals surface area contributed by atoms with E-state index in [-0.39, 0.29) is 36.2 Å². The average Bonchev–Trinajstić information content (AvgIpc) is 2.56. The molecule has 0 aromatic rings. The van der Waals surface area contributed by atoms with Crippen LogP contribution < -0.4 is 0 Å². The van der Waals surface area contributed by atoms with Gasteiger partial charge < -0.3 is 15.3 Å². The summed E-state index contributed by atoms with van der Waals surface area (Å²) in [6, 6.07) is 0. The van der Waals surface area contributed by atoms with Gasteiger partial charge in [-0.15, -0.1) is 0 Å². The number of carbonyl (C=O) groups is 1. The number of aliphatic hydroxyl groups is 3. The lowest BCUT2D eigenvalue weighted by Gasteiger charge is -2.57. The number of carbonyl (C=O) groups excluding carboxylic acids is 1. The van der Waals surface area contributed by atoms with Crippen LogP contribution in [0.25, 0.3) is 0 Å². The van der Waals surface area contributed by atoms with E-state index in [1.165, 1.54) is 5.57 Å². The molecule has 4 heteroatoms. The number of ketones is 1. The maximum Gasteiger partial charge on any atom is 0.141 e. The summed E-state index contributed by atoms with van der Waals surface area (Å²) < 4.78 is 0. The van der Waals surface area contributed by atoms with Crippen molar-refractivity contribution in [3.63, 3.8) is 0 Å².